The maximum absolute atomic E-state index is 14.5. The number of carbonyl (C=O) groups excluding carboxylic acids is 2. The van der Waals surface area contributed by atoms with Gasteiger partial charge in [-0.15, -0.1) is 0 Å². The lowest BCUT2D eigenvalue weighted by atomic mass is 9.83. The molecule has 408 valence electrons. The lowest BCUT2D eigenvalue weighted by molar-refractivity contribution is -0.256. The second kappa shape index (κ2) is 28.0. The van der Waals surface area contributed by atoms with Crippen LogP contribution in [0.25, 0.3) is 0 Å². The standard InChI is InChI=1S/C59H96F2N2O8P/c1-10-52-58(7,68)41-44(3)63(42-43(2)40-57(6,67)53(39-51(64)46(5)56(66)71-52)70-55-38-47(62(8)9)37-45(4)69-55)54(65)31-25-17-15-13-11-12-14-16-18-26-36-72(48-27-21-19-22-28-48,49-29-23-20-24-30-49)50-32-34-59(60,61)35-33-50/h19-24,27-30,43-47,50-53,55,64,67-68H,10-18,25-26,31-42H2,1-9H3/q+1/t43-,44-,45-,46-,47+,51+,52-,53-,55+,57-,58+/m1/s1. The first-order chi connectivity index (χ1) is 34.1. The first-order valence-electron chi connectivity index (χ1n) is 28.1. The number of esters is 1. The maximum atomic E-state index is 14.5. The van der Waals surface area contributed by atoms with Crippen molar-refractivity contribution < 1.29 is 47.9 Å². The van der Waals surface area contributed by atoms with Gasteiger partial charge in [-0.3, -0.25) is 9.59 Å². The summed E-state index contributed by atoms with van der Waals surface area (Å²) in [7, 11) is 2.16. The maximum Gasteiger partial charge on any atom is 0.311 e. The van der Waals surface area contributed by atoms with Crippen LogP contribution in [0.1, 0.15) is 183 Å². The minimum atomic E-state index is -2.55. The number of halogens is 2. The van der Waals surface area contributed by atoms with Crippen LogP contribution in [0.3, 0.4) is 0 Å². The monoisotopic (exact) mass is 1030 g/mol. The van der Waals surface area contributed by atoms with E-state index in [2.05, 4.69) is 65.6 Å². The van der Waals surface area contributed by atoms with Gasteiger partial charge in [0.25, 0.3) is 0 Å². The number of hydrogen-bond acceptors (Lipinski definition) is 9. The van der Waals surface area contributed by atoms with Crippen molar-refractivity contribution >= 4 is 29.7 Å². The molecule has 0 radical (unpaired) electrons. The Bertz CT molecular complexity index is 1860. The number of rotatable bonds is 20. The Morgan fingerprint density at radius 3 is 1.88 bits per heavy atom. The van der Waals surface area contributed by atoms with Crippen molar-refractivity contribution in [2.24, 2.45) is 11.8 Å². The smallest absolute Gasteiger partial charge is 0.311 e. The number of nitrogens with zero attached hydrogens (tertiary/aromatic N) is 2. The van der Waals surface area contributed by atoms with Crippen LogP contribution < -0.4 is 10.6 Å². The van der Waals surface area contributed by atoms with E-state index in [1.165, 1.54) is 23.5 Å². The fourth-order valence-corrected chi connectivity index (χ4v) is 17.7. The molecule has 3 fully saturated rings. The highest BCUT2D eigenvalue weighted by Gasteiger charge is 2.53. The molecule has 0 spiro atoms. The van der Waals surface area contributed by atoms with Gasteiger partial charge in [0.15, 0.2) is 6.29 Å². The van der Waals surface area contributed by atoms with E-state index in [0.29, 0.717) is 38.6 Å². The van der Waals surface area contributed by atoms with Crippen LogP contribution >= 0.6 is 7.26 Å². The Morgan fingerprint density at radius 2 is 1.33 bits per heavy atom. The van der Waals surface area contributed by atoms with E-state index in [9.17, 15) is 33.7 Å². The third-order valence-electron chi connectivity index (χ3n) is 16.6. The summed E-state index contributed by atoms with van der Waals surface area (Å²) >= 11 is 0. The molecule has 5 rings (SSSR count). The third-order valence-corrected chi connectivity index (χ3v) is 21.9. The fourth-order valence-electron chi connectivity index (χ4n) is 12.4. The zero-order chi connectivity index (χ0) is 52.7. The van der Waals surface area contributed by atoms with E-state index in [-0.39, 0.29) is 67.8 Å². The Morgan fingerprint density at radius 1 is 0.792 bits per heavy atom. The number of ether oxygens (including phenoxy) is 3. The fraction of sp³-hybridized carbons (Fsp3) is 0.763. The molecule has 2 heterocycles. The molecule has 2 saturated heterocycles. The average molecular weight is 1030 g/mol. The Kier molecular flexibility index (Phi) is 23.4. The predicted molar refractivity (Wildman–Crippen MR) is 289 cm³/mol. The Hall–Kier alpha value is -2.57. The molecule has 0 unspecified atom stereocenters. The molecule has 10 nitrogen and oxygen atoms in total. The number of aliphatic hydroxyl groups is 3. The molecule has 72 heavy (non-hydrogen) atoms. The predicted octanol–water partition coefficient (Wildman–Crippen LogP) is 11.2. The lowest BCUT2D eigenvalue weighted by Crippen LogP contribution is -2.51. The molecular formula is C59H96F2N2O8P+. The topological polar surface area (TPSA) is 129 Å². The molecule has 2 aromatic rings. The largest absolute Gasteiger partial charge is 0.459 e. The van der Waals surface area contributed by atoms with E-state index in [4.69, 9.17) is 14.2 Å². The summed E-state index contributed by atoms with van der Waals surface area (Å²) in [5, 5.41) is 38.4. The summed E-state index contributed by atoms with van der Waals surface area (Å²) in [6, 6.07) is 21.4. The number of unbranched alkanes of at least 4 members (excludes halogenated alkanes) is 9. The van der Waals surface area contributed by atoms with Crippen LogP contribution in [-0.2, 0) is 23.8 Å². The van der Waals surface area contributed by atoms with Crippen LogP contribution in [-0.4, -0.2) is 129 Å². The van der Waals surface area contributed by atoms with Gasteiger partial charge in [-0.05, 0) is 137 Å². The number of hydrogen-bond donors (Lipinski definition) is 3. The molecule has 0 aromatic heterocycles. The molecule has 0 bridgehead atoms. The zero-order valence-corrected chi connectivity index (χ0v) is 46.7. The van der Waals surface area contributed by atoms with Gasteiger partial charge in [-0.1, -0.05) is 95.2 Å². The van der Waals surface area contributed by atoms with Gasteiger partial charge >= 0.3 is 5.97 Å². The van der Waals surface area contributed by atoms with Crippen LogP contribution in [0.2, 0.25) is 0 Å². The number of amides is 1. The average Bonchev–Trinajstić information content (AvgIpc) is 3.33. The highest BCUT2D eigenvalue weighted by atomic mass is 31.2. The van der Waals surface area contributed by atoms with Gasteiger partial charge < -0.3 is 39.3 Å². The second-order valence-electron chi connectivity index (χ2n) is 23.3. The van der Waals surface area contributed by atoms with Crippen LogP contribution in [0.5, 0.6) is 0 Å². The van der Waals surface area contributed by atoms with E-state index >= 15 is 0 Å². The number of alkyl halides is 2. The van der Waals surface area contributed by atoms with Crippen LogP contribution in [0.4, 0.5) is 8.78 Å². The quantitative estimate of drug-likeness (QED) is 0.0674. The Labute approximate surface area is 434 Å². The van der Waals surface area contributed by atoms with Crippen molar-refractivity contribution in [3.8, 4) is 0 Å². The van der Waals surface area contributed by atoms with Gasteiger partial charge in [0.05, 0.1) is 59.5 Å². The summed E-state index contributed by atoms with van der Waals surface area (Å²) in [5.41, 5.74) is -2.61. The van der Waals surface area contributed by atoms with Crippen LogP contribution in [0.15, 0.2) is 60.7 Å². The highest BCUT2D eigenvalue weighted by Crippen LogP contribution is 2.65. The molecule has 3 aliphatic rings. The number of benzene rings is 2. The van der Waals surface area contributed by atoms with Crippen molar-refractivity contribution in [3.05, 3.63) is 60.7 Å². The number of carbonyl (C=O) groups is 2. The lowest BCUT2D eigenvalue weighted by Gasteiger charge is -2.43. The molecule has 1 amide bonds. The molecule has 11 atom stereocenters. The van der Waals surface area contributed by atoms with Gasteiger partial charge in [0.1, 0.15) is 11.7 Å². The van der Waals surface area contributed by atoms with E-state index < -0.39 is 60.9 Å². The molecule has 2 aromatic carbocycles. The van der Waals surface area contributed by atoms with Crippen molar-refractivity contribution in [3.63, 3.8) is 0 Å². The van der Waals surface area contributed by atoms with Crippen molar-refractivity contribution in [2.45, 2.75) is 249 Å². The van der Waals surface area contributed by atoms with Crippen molar-refractivity contribution in [1.82, 2.24) is 9.80 Å². The number of cyclic esters (lactones) is 1. The van der Waals surface area contributed by atoms with E-state index in [1.807, 2.05) is 46.7 Å². The van der Waals surface area contributed by atoms with E-state index in [0.717, 1.165) is 63.9 Å². The summed E-state index contributed by atoms with van der Waals surface area (Å²) in [5.74, 6) is -4.31. The molecule has 1 aliphatic carbocycles. The Balaban J connectivity index is 1.13. The van der Waals surface area contributed by atoms with Gasteiger partial charge in [0.2, 0.25) is 11.8 Å². The van der Waals surface area contributed by atoms with Crippen LogP contribution in [0, 0.1) is 11.8 Å². The molecule has 2 aliphatic heterocycles. The number of aliphatic hydroxyl groups excluding tert-OH is 1. The summed E-state index contributed by atoms with van der Waals surface area (Å²) in [4.78, 5) is 31.8. The molecule has 1 saturated carbocycles. The molecular weight excluding hydrogens is 934 g/mol. The van der Waals surface area contributed by atoms with Crippen molar-refractivity contribution in [1.29, 1.82) is 0 Å². The zero-order valence-electron chi connectivity index (χ0n) is 45.8. The highest BCUT2D eigenvalue weighted by molar-refractivity contribution is 7.90. The minimum absolute atomic E-state index is 0.00254. The first-order valence-corrected chi connectivity index (χ1v) is 30.1. The normalized spacial score (nSPS) is 31.7. The third kappa shape index (κ3) is 17.2. The van der Waals surface area contributed by atoms with E-state index in [1.54, 1.807) is 20.8 Å². The van der Waals surface area contributed by atoms with Gasteiger partial charge in [-0.2, -0.15) is 0 Å². The molecule has 3 N–H and O–H groups in total. The van der Waals surface area contributed by atoms with Gasteiger partial charge in [0, 0.05) is 50.7 Å². The second-order valence-corrected chi connectivity index (χ2v) is 27.2. The summed E-state index contributed by atoms with van der Waals surface area (Å²) in [6.45, 7) is 13.1. The first kappa shape index (κ1) is 60.3. The van der Waals surface area contributed by atoms with Gasteiger partial charge in [-0.25, -0.2) is 8.78 Å². The molecule has 13 heteroatoms. The minimum Gasteiger partial charge on any atom is -0.459 e. The summed E-state index contributed by atoms with van der Waals surface area (Å²) in [6.07, 6.45) is 11.9. The SMILES string of the molecule is CC[C@H]1OC(=O)[C@H](C)[C@@H](O)C[C@@H](O[C@H]2C[C@@H](N(C)C)C[C@@H](C)O2)[C@](C)(O)C[C@@H](C)CN(C(=O)CCCCCCCCCCCC[P+](c2ccccc2)(c2ccccc2)C2CCC(F)(F)CC2)[C@H](C)C[C@]1(C)O. The van der Waals surface area contributed by atoms with Crippen molar-refractivity contribution in [2.75, 3.05) is 26.8 Å². The summed E-state index contributed by atoms with van der Waals surface area (Å²) < 4.78 is 47.7.